The molecule has 21 heavy (non-hydrogen) atoms. The van der Waals surface area contributed by atoms with E-state index in [9.17, 15) is 18.8 Å². The molecule has 0 spiro atoms. The van der Waals surface area contributed by atoms with Crippen LogP contribution >= 0.6 is 0 Å². The summed E-state index contributed by atoms with van der Waals surface area (Å²) >= 11 is 0. The monoisotopic (exact) mass is 286 g/mol. The number of hydrogen-bond donors (Lipinski definition) is 0. The highest BCUT2D eigenvalue weighted by molar-refractivity contribution is 6.50. The van der Waals surface area contributed by atoms with E-state index in [1.807, 2.05) is 0 Å². The number of hydrogen-bond acceptors (Lipinski definition) is 4. The van der Waals surface area contributed by atoms with Crippen LogP contribution in [-0.2, 0) is 4.74 Å². The number of carbonyl (C=O) groups excluding carboxylic acids is 3. The van der Waals surface area contributed by atoms with Gasteiger partial charge in [-0.15, -0.1) is 0 Å². The standard InChI is InChI=1S/C16H11FO4/c1-21-16(20)13-5-3-2-4-12(13)15(19)14(18)10-6-8-11(17)9-7-10/h2-9H,1H3. The summed E-state index contributed by atoms with van der Waals surface area (Å²) in [6.07, 6.45) is 0. The molecule has 4 nitrogen and oxygen atoms in total. The first-order valence-electron chi connectivity index (χ1n) is 6.06. The normalized spacial score (nSPS) is 10.0. The Bertz CT molecular complexity index is 704. The van der Waals surface area contributed by atoms with E-state index >= 15 is 0 Å². The molecule has 0 amide bonds. The molecule has 0 heterocycles. The highest BCUT2D eigenvalue weighted by Crippen LogP contribution is 2.14. The van der Waals surface area contributed by atoms with Crippen LogP contribution in [0.15, 0.2) is 48.5 Å². The van der Waals surface area contributed by atoms with Gasteiger partial charge in [-0.2, -0.15) is 0 Å². The molecule has 0 saturated carbocycles. The highest BCUT2D eigenvalue weighted by Gasteiger charge is 2.23. The molecule has 0 saturated heterocycles. The largest absolute Gasteiger partial charge is 0.465 e. The maximum Gasteiger partial charge on any atom is 0.338 e. The summed E-state index contributed by atoms with van der Waals surface area (Å²) in [6.45, 7) is 0. The fourth-order valence-corrected chi connectivity index (χ4v) is 1.82. The minimum atomic E-state index is -0.845. The lowest BCUT2D eigenvalue weighted by Crippen LogP contribution is -2.18. The van der Waals surface area contributed by atoms with Crippen LogP contribution in [0.25, 0.3) is 0 Å². The minimum Gasteiger partial charge on any atom is -0.465 e. The zero-order valence-corrected chi connectivity index (χ0v) is 11.1. The van der Waals surface area contributed by atoms with Crippen LogP contribution in [0.4, 0.5) is 4.39 Å². The van der Waals surface area contributed by atoms with Gasteiger partial charge in [0.1, 0.15) is 5.82 Å². The van der Waals surface area contributed by atoms with Crippen molar-refractivity contribution in [2.75, 3.05) is 7.11 Å². The molecule has 0 unspecified atom stereocenters. The number of benzene rings is 2. The van der Waals surface area contributed by atoms with Crippen LogP contribution < -0.4 is 0 Å². The lowest BCUT2D eigenvalue weighted by molar-refractivity contribution is 0.0597. The van der Waals surface area contributed by atoms with Gasteiger partial charge in [-0.1, -0.05) is 18.2 Å². The van der Waals surface area contributed by atoms with Gasteiger partial charge in [-0.05, 0) is 30.3 Å². The minimum absolute atomic E-state index is 0.0143. The van der Waals surface area contributed by atoms with Crippen molar-refractivity contribution < 1.29 is 23.5 Å². The summed E-state index contributed by atoms with van der Waals surface area (Å²) in [5, 5.41) is 0. The van der Waals surface area contributed by atoms with E-state index < -0.39 is 23.4 Å². The molecule has 0 atom stereocenters. The van der Waals surface area contributed by atoms with Gasteiger partial charge in [0, 0.05) is 11.1 Å². The van der Waals surface area contributed by atoms with Crippen molar-refractivity contribution in [3.8, 4) is 0 Å². The molecule has 0 aliphatic heterocycles. The van der Waals surface area contributed by atoms with Crippen LogP contribution in [0.1, 0.15) is 31.1 Å². The van der Waals surface area contributed by atoms with Crippen molar-refractivity contribution in [2.24, 2.45) is 0 Å². The summed E-state index contributed by atoms with van der Waals surface area (Å²) in [5.41, 5.74) is 0.0280. The molecule has 2 aromatic carbocycles. The molecule has 106 valence electrons. The molecule has 0 bridgehead atoms. The van der Waals surface area contributed by atoms with E-state index in [-0.39, 0.29) is 16.7 Å². The van der Waals surface area contributed by atoms with Crippen molar-refractivity contribution in [3.05, 3.63) is 71.0 Å². The number of Topliss-reactive ketones (excluding diaryl/α,β-unsaturated/α-hetero) is 2. The third kappa shape index (κ3) is 3.02. The Morgan fingerprint density at radius 1 is 0.857 bits per heavy atom. The molecule has 0 aromatic heterocycles. The molecule has 2 aromatic rings. The van der Waals surface area contributed by atoms with E-state index in [4.69, 9.17) is 0 Å². The van der Waals surface area contributed by atoms with E-state index in [1.165, 1.54) is 37.4 Å². The Morgan fingerprint density at radius 2 is 1.43 bits per heavy atom. The summed E-state index contributed by atoms with van der Waals surface area (Å²) < 4.78 is 17.4. The van der Waals surface area contributed by atoms with Crippen molar-refractivity contribution in [1.29, 1.82) is 0 Å². The van der Waals surface area contributed by atoms with Gasteiger partial charge in [0.25, 0.3) is 0 Å². The molecule has 0 aliphatic carbocycles. The lowest BCUT2D eigenvalue weighted by Gasteiger charge is -2.06. The maximum atomic E-state index is 12.8. The molecule has 5 heteroatoms. The van der Waals surface area contributed by atoms with Gasteiger partial charge in [-0.25, -0.2) is 9.18 Å². The predicted octanol–water partition coefficient (Wildman–Crippen LogP) is 2.68. The topological polar surface area (TPSA) is 60.4 Å². The highest BCUT2D eigenvalue weighted by atomic mass is 19.1. The predicted molar refractivity (Wildman–Crippen MR) is 72.8 cm³/mol. The molecule has 0 N–H and O–H groups in total. The first-order chi connectivity index (χ1) is 10.0. The second-order valence-electron chi connectivity index (χ2n) is 4.20. The summed E-state index contributed by atoms with van der Waals surface area (Å²) in [6, 6.07) is 10.5. The summed E-state index contributed by atoms with van der Waals surface area (Å²) in [4.78, 5) is 35.9. The van der Waals surface area contributed by atoms with Gasteiger partial charge in [0.15, 0.2) is 0 Å². The molecular formula is C16H11FO4. The van der Waals surface area contributed by atoms with Crippen molar-refractivity contribution >= 4 is 17.5 Å². The second kappa shape index (κ2) is 6.09. The van der Waals surface area contributed by atoms with Crippen LogP contribution in [0.3, 0.4) is 0 Å². The molecular weight excluding hydrogens is 275 g/mol. The van der Waals surface area contributed by atoms with Gasteiger partial charge < -0.3 is 4.74 Å². The van der Waals surface area contributed by atoms with Gasteiger partial charge in [0.05, 0.1) is 12.7 Å². The van der Waals surface area contributed by atoms with E-state index in [0.717, 1.165) is 12.1 Å². The number of ketones is 2. The first-order valence-corrected chi connectivity index (χ1v) is 6.06. The fourth-order valence-electron chi connectivity index (χ4n) is 1.82. The third-order valence-corrected chi connectivity index (χ3v) is 2.89. The summed E-state index contributed by atoms with van der Waals surface area (Å²) in [7, 11) is 1.19. The zero-order chi connectivity index (χ0) is 15.4. The van der Waals surface area contributed by atoms with Crippen molar-refractivity contribution in [1.82, 2.24) is 0 Å². The number of carbonyl (C=O) groups is 3. The Balaban J connectivity index is 2.38. The quantitative estimate of drug-likeness (QED) is 0.492. The average Bonchev–Trinajstić information content (AvgIpc) is 2.53. The van der Waals surface area contributed by atoms with Crippen molar-refractivity contribution in [2.45, 2.75) is 0 Å². The van der Waals surface area contributed by atoms with Gasteiger partial charge >= 0.3 is 5.97 Å². The molecule has 0 fully saturated rings. The third-order valence-electron chi connectivity index (χ3n) is 2.89. The van der Waals surface area contributed by atoms with Crippen molar-refractivity contribution in [3.63, 3.8) is 0 Å². The van der Waals surface area contributed by atoms with E-state index in [1.54, 1.807) is 6.07 Å². The molecule has 2 rings (SSSR count). The summed E-state index contributed by atoms with van der Waals surface area (Å²) in [5.74, 6) is -2.87. The smallest absolute Gasteiger partial charge is 0.338 e. The zero-order valence-electron chi connectivity index (χ0n) is 11.1. The number of ether oxygens (including phenoxy) is 1. The van der Waals surface area contributed by atoms with Crippen LogP contribution in [0, 0.1) is 5.82 Å². The first kappa shape index (κ1) is 14.6. The number of rotatable bonds is 4. The Kier molecular flexibility index (Phi) is 4.23. The number of methoxy groups -OCH3 is 1. The number of halogens is 1. The second-order valence-corrected chi connectivity index (χ2v) is 4.20. The average molecular weight is 286 g/mol. The Hall–Kier alpha value is -2.82. The maximum absolute atomic E-state index is 12.8. The van der Waals surface area contributed by atoms with E-state index in [0.29, 0.717) is 0 Å². The lowest BCUT2D eigenvalue weighted by atomic mass is 9.97. The Morgan fingerprint density at radius 3 is 2.00 bits per heavy atom. The fraction of sp³-hybridized carbons (Fsp3) is 0.0625. The molecule has 0 radical (unpaired) electrons. The SMILES string of the molecule is COC(=O)c1ccccc1C(=O)C(=O)c1ccc(F)cc1. The Labute approximate surface area is 120 Å². The van der Waals surface area contributed by atoms with Crippen LogP contribution in [0.2, 0.25) is 0 Å². The van der Waals surface area contributed by atoms with Gasteiger partial charge in [-0.3, -0.25) is 9.59 Å². The van der Waals surface area contributed by atoms with Crippen LogP contribution in [-0.4, -0.2) is 24.6 Å². The van der Waals surface area contributed by atoms with E-state index in [2.05, 4.69) is 4.74 Å². The van der Waals surface area contributed by atoms with Gasteiger partial charge in [0.2, 0.25) is 11.6 Å². The molecule has 0 aliphatic rings. The van der Waals surface area contributed by atoms with Crippen LogP contribution in [0.5, 0.6) is 0 Å². The number of esters is 1.